The molecule has 2 aromatic rings. The molecule has 2 N–H and O–H groups in total. The molecule has 0 aromatic heterocycles. The van der Waals surface area contributed by atoms with Crippen LogP contribution >= 0.6 is 0 Å². The van der Waals surface area contributed by atoms with E-state index >= 15 is 0 Å². The van der Waals surface area contributed by atoms with E-state index in [0.29, 0.717) is 61.4 Å². The second kappa shape index (κ2) is 12.9. The van der Waals surface area contributed by atoms with E-state index in [-0.39, 0.29) is 12.5 Å². The average Bonchev–Trinajstić information content (AvgIpc) is 2.88. The van der Waals surface area contributed by atoms with Gasteiger partial charge in [0.2, 0.25) is 0 Å². The van der Waals surface area contributed by atoms with Crippen molar-refractivity contribution in [1.29, 1.82) is 0 Å². The molecule has 0 aliphatic carbocycles. The first kappa shape index (κ1) is 25.5. The lowest BCUT2D eigenvalue weighted by atomic mass is 10.2. The third kappa shape index (κ3) is 7.71. The maximum atomic E-state index is 12.3. The lowest BCUT2D eigenvalue weighted by molar-refractivity contribution is -0.137. The minimum Gasteiger partial charge on any atom is -0.497 e. The van der Waals surface area contributed by atoms with Crippen molar-refractivity contribution in [1.82, 2.24) is 10.3 Å². The van der Waals surface area contributed by atoms with Crippen LogP contribution in [0.2, 0.25) is 0 Å². The van der Waals surface area contributed by atoms with Crippen LogP contribution in [0.4, 0.5) is 5.69 Å². The molecule has 3 amide bonds. The fraction of sp³-hybridized carbons (Fsp3) is 0.333. The third-order valence-electron chi connectivity index (χ3n) is 4.90. The maximum absolute atomic E-state index is 12.3. The van der Waals surface area contributed by atoms with E-state index in [1.165, 1.54) is 13.3 Å². The van der Waals surface area contributed by atoms with Crippen molar-refractivity contribution in [2.75, 3.05) is 51.9 Å². The number of ether oxygens (including phenoxy) is 4. The zero-order chi connectivity index (χ0) is 25.0. The van der Waals surface area contributed by atoms with Gasteiger partial charge in [-0.15, -0.1) is 0 Å². The molecule has 1 fully saturated rings. The second-order valence-corrected chi connectivity index (χ2v) is 7.31. The van der Waals surface area contributed by atoms with E-state index < -0.39 is 11.8 Å². The van der Waals surface area contributed by atoms with Crippen molar-refractivity contribution in [2.24, 2.45) is 5.10 Å². The Labute approximate surface area is 203 Å². The molecular formula is C24H28N4O7. The maximum Gasteiger partial charge on any atom is 0.329 e. The van der Waals surface area contributed by atoms with Gasteiger partial charge in [-0.25, -0.2) is 5.43 Å². The smallest absolute Gasteiger partial charge is 0.329 e. The van der Waals surface area contributed by atoms with Gasteiger partial charge < -0.3 is 29.2 Å². The largest absolute Gasteiger partial charge is 0.497 e. The van der Waals surface area contributed by atoms with Gasteiger partial charge in [-0.1, -0.05) is 6.07 Å². The number of carbonyl (C=O) groups excluding carboxylic acids is 3. The Hall–Kier alpha value is -4.12. The van der Waals surface area contributed by atoms with Crippen LogP contribution in [0.1, 0.15) is 12.5 Å². The Morgan fingerprint density at radius 1 is 1.06 bits per heavy atom. The highest BCUT2D eigenvalue weighted by Gasteiger charge is 2.18. The van der Waals surface area contributed by atoms with Gasteiger partial charge in [0.1, 0.15) is 5.75 Å². The molecule has 1 saturated heterocycles. The lowest BCUT2D eigenvalue weighted by Crippen LogP contribution is -2.43. The minimum atomic E-state index is -0.935. The quantitative estimate of drug-likeness (QED) is 0.313. The second-order valence-electron chi connectivity index (χ2n) is 7.31. The summed E-state index contributed by atoms with van der Waals surface area (Å²) in [6.45, 7) is 4.21. The highest BCUT2D eigenvalue weighted by molar-refractivity contribution is 6.39. The Balaban J connectivity index is 1.55. The molecule has 0 radical (unpaired) electrons. The highest BCUT2D eigenvalue weighted by atomic mass is 16.5. The van der Waals surface area contributed by atoms with E-state index in [1.54, 1.807) is 47.4 Å². The van der Waals surface area contributed by atoms with Crippen LogP contribution < -0.4 is 25.0 Å². The summed E-state index contributed by atoms with van der Waals surface area (Å²) < 4.78 is 21.6. The van der Waals surface area contributed by atoms with E-state index in [0.717, 1.165) is 0 Å². The van der Waals surface area contributed by atoms with Crippen LogP contribution in [0.15, 0.2) is 47.6 Å². The molecule has 1 heterocycles. The third-order valence-corrected chi connectivity index (χ3v) is 4.90. The van der Waals surface area contributed by atoms with Gasteiger partial charge in [0, 0.05) is 24.8 Å². The number of rotatable bonds is 9. The van der Waals surface area contributed by atoms with Crippen molar-refractivity contribution in [3.05, 3.63) is 48.0 Å². The number of nitrogens with one attached hydrogen (secondary N) is 2. The molecule has 0 atom stereocenters. The van der Waals surface area contributed by atoms with Crippen LogP contribution in [-0.4, -0.2) is 75.5 Å². The first-order valence-electron chi connectivity index (χ1n) is 11.0. The number of benzene rings is 2. The molecule has 1 aliphatic rings. The van der Waals surface area contributed by atoms with Gasteiger partial charge in [-0.2, -0.15) is 5.10 Å². The predicted octanol–water partition coefficient (Wildman–Crippen LogP) is 1.42. The molecule has 0 bridgehead atoms. The number of hydrazone groups is 1. The van der Waals surface area contributed by atoms with Crippen molar-refractivity contribution in [3.8, 4) is 17.2 Å². The molecule has 11 heteroatoms. The van der Waals surface area contributed by atoms with Gasteiger partial charge in [0.05, 0.1) is 33.1 Å². The number of carbonyl (C=O) groups is 3. The van der Waals surface area contributed by atoms with Crippen LogP contribution in [0.5, 0.6) is 17.2 Å². The zero-order valence-electron chi connectivity index (χ0n) is 19.6. The minimum absolute atomic E-state index is 0.119. The molecule has 0 spiro atoms. The molecule has 1 aliphatic heterocycles. The monoisotopic (exact) mass is 484 g/mol. The number of hydrogen-bond acceptors (Lipinski definition) is 8. The van der Waals surface area contributed by atoms with E-state index in [4.69, 9.17) is 18.9 Å². The van der Waals surface area contributed by atoms with Crippen molar-refractivity contribution >= 4 is 29.6 Å². The van der Waals surface area contributed by atoms with Gasteiger partial charge in [0.25, 0.3) is 5.91 Å². The normalized spacial score (nSPS) is 13.3. The SMILES string of the molecule is CCOc1cc(/C=N\NC(=O)C(=O)Nc2cccc(OC)c2)ccc1OCC(=O)N1CCOCC1. The molecule has 35 heavy (non-hydrogen) atoms. The molecule has 2 aromatic carbocycles. The summed E-state index contributed by atoms with van der Waals surface area (Å²) in [4.78, 5) is 38.1. The van der Waals surface area contributed by atoms with Gasteiger partial charge >= 0.3 is 11.8 Å². The summed E-state index contributed by atoms with van der Waals surface area (Å²) in [6.07, 6.45) is 1.36. The molecular weight excluding hydrogens is 456 g/mol. The van der Waals surface area contributed by atoms with Gasteiger partial charge in [0.15, 0.2) is 18.1 Å². The van der Waals surface area contributed by atoms with Crippen molar-refractivity contribution in [2.45, 2.75) is 6.92 Å². The zero-order valence-corrected chi connectivity index (χ0v) is 19.6. The number of morpholine rings is 1. The number of methoxy groups -OCH3 is 1. The van der Waals surface area contributed by atoms with Crippen LogP contribution in [0, 0.1) is 0 Å². The molecule has 3 rings (SSSR count). The number of anilines is 1. The van der Waals surface area contributed by atoms with Crippen molar-refractivity contribution in [3.63, 3.8) is 0 Å². The summed E-state index contributed by atoms with van der Waals surface area (Å²) in [6, 6.07) is 11.6. The van der Waals surface area contributed by atoms with E-state index in [9.17, 15) is 14.4 Å². The summed E-state index contributed by atoms with van der Waals surface area (Å²) >= 11 is 0. The number of amides is 3. The molecule has 0 unspecified atom stereocenters. The molecule has 186 valence electrons. The lowest BCUT2D eigenvalue weighted by Gasteiger charge is -2.26. The summed E-state index contributed by atoms with van der Waals surface area (Å²) in [5.41, 5.74) is 3.18. The standard InChI is InChI=1S/C24H28N4O7/c1-3-34-21-13-17(7-8-20(21)35-16-22(29)28-9-11-33-12-10-28)15-25-27-24(31)23(30)26-18-5-4-6-19(14-18)32-2/h4-8,13-15H,3,9-12,16H2,1-2H3,(H,26,30)(H,27,31)/b25-15-. The van der Waals surface area contributed by atoms with E-state index in [2.05, 4.69) is 15.8 Å². The topological polar surface area (TPSA) is 128 Å². The first-order chi connectivity index (χ1) is 17.0. The summed E-state index contributed by atoms with van der Waals surface area (Å²) in [5, 5.41) is 6.29. The van der Waals surface area contributed by atoms with Crippen molar-refractivity contribution < 1.29 is 33.3 Å². The summed E-state index contributed by atoms with van der Waals surface area (Å²) in [7, 11) is 1.50. The Morgan fingerprint density at radius 3 is 2.60 bits per heavy atom. The first-order valence-corrected chi connectivity index (χ1v) is 11.0. The Morgan fingerprint density at radius 2 is 1.86 bits per heavy atom. The highest BCUT2D eigenvalue weighted by Crippen LogP contribution is 2.28. The molecule has 11 nitrogen and oxygen atoms in total. The Bertz CT molecular complexity index is 1070. The Kier molecular flexibility index (Phi) is 9.43. The van der Waals surface area contributed by atoms with E-state index in [1.807, 2.05) is 6.92 Å². The van der Waals surface area contributed by atoms with Crippen LogP contribution in [0.3, 0.4) is 0 Å². The number of nitrogens with zero attached hydrogens (tertiary/aromatic N) is 2. The van der Waals surface area contributed by atoms with Gasteiger partial charge in [-0.05, 0) is 42.8 Å². The fourth-order valence-corrected chi connectivity index (χ4v) is 3.14. The fourth-order valence-electron chi connectivity index (χ4n) is 3.14. The number of hydrogen-bond donors (Lipinski definition) is 2. The average molecular weight is 485 g/mol. The predicted molar refractivity (Wildman–Crippen MR) is 128 cm³/mol. The van der Waals surface area contributed by atoms with Crippen LogP contribution in [0.25, 0.3) is 0 Å². The van der Waals surface area contributed by atoms with Gasteiger partial charge in [-0.3, -0.25) is 14.4 Å². The van der Waals surface area contributed by atoms with Crippen LogP contribution in [-0.2, 0) is 19.1 Å². The molecule has 0 saturated carbocycles. The summed E-state index contributed by atoms with van der Waals surface area (Å²) in [5.74, 6) is -0.559.